The van der Waals surface area contributed by atoms with E-state index in [4.69, 9.17) is 16.0 Å². The van der Waals surface area contributed by atoms with Crippen LogP contribution in [-0.4, -0.2) is 21.5 Å². The highest BCUT2D eigenvalue weighted by molar-refractivity contribution is 6.48. The Hall–Kier alpha value is 0.467. The van der Waals surface area contributed by atoms with Crippen LogP contribution in [0.5, 0.6) is 0 Å². The fourth-order valence-electron chi connectivity index (χ4n) is 0.516. The lowest BCUT2D eigenvalue weighted by molar-refractivity contribution is 0.317. The molecule has 0 aliphatic heterocycles. The molecular weight excluding hydrogens is 152 g/mol. The summed E-state index contributed by atoms with van der Waals surface area (Å²) in [7, 11) is -0.756. The van der Waals surface area contributed by atoms with Crippen molar-refractivity contribution in [3.8, 4) is 0 Å². The van der Waals surface area contributed by atoms with Gasteiger partial charge in [0.1, 0.15) is 0 Å². The van der Waals surface area contributed by atoms with E-state index in [1.165, 1.54) is 0 Å². The topological polar surface area (TPSA) is 9.23 Å². The zero-order chi connectivity index (χ0) is 7.11. The van der Waals surface area contributed by atoms with E-state index in [9.17, 15) is 0 Å². The molecule has 0 unspecified atom stereocenters. The zero-order valence-corrected chi connectivity index (χ0v) is 8.10. The first-order valence-corrected chi connectivity index (χ1v) is 6.76. The minimum Gasteiger partial charge on any atom is -0.421 e. The van der Waals surface area contributed by atoms with Gasteiger partial charge in [-0.25, -0.2) is 0 Å². The first kappa shape index (κ1) is 9.47. The van der Waals surface area contributed by atoms with E-state index in [0.717, 1.165) is 25.3 Å². The smallest absolute Gasteiger partial charge is 0.170 e. The maximum Gasteiger partial charge on any atom is 0.170 e. The molecule has 0 aliphatic carbocycles. The minimum absolute atomic E-state index is 0.756. The van der Waals surface area contributed by atoms with Gasteiger partial charge in [0, 0.05) is 12.5 Å². The van der Waals surface area contributed by atoms with Gasteiger partial charge in [-0.15, -0.1) is 11.6 Å². The molecule has 0 spiro atoms. The average molecular weight is 167 g/mol. The third kappa shape index (κ3) is 8.47. The van der Waals surface area contributed by atoms with Crippen LogP contribution in [0.4, 0.5) is 0 Å². The van der Waals surface area contributed by atoms with Crippen LogP contribution >= 0.6 is 11.6 Å². The molecule has 0 fully saturated rings. The summed E-state index contributed by atoms with van der Waals surface area (Å²) < 4.78 is 5.42. The number of unbranched alkanes of at least 4 members (excludes halogenated alkanes) is 1. The maximum atomic E-state index is 5.47. The molecule has 9 heavy (non-hydrogen) atoms. The third-order valence-corrected chi connectivity index (χ3v) is 2.15. The van der Waals surface area contributed by atoms with Crippen LogP contribution in [-0.2, 0) is 4.43 Å². The van der Waals surface area contributed by atoms with Gasteiger partial charge in [0.25, 0.3) is 0 Å². The highest BCUT2D eigenvalue weighted by Gasteiger charge is 1.93. The molecule has 56 valence electrons. The summed E-state index contributed by atoms with van der Waals surface area (Å²) in [6, 6.07) is 0. The van der Waals surface area contributed by atoms with Gasteiger partial charge in [-0.2, -0.15) is 0 Å². The van der Waals surface area contributed by atoms with Crippen LogP contribution in [0.2, 0.25) is 13.1 Å². The van der Waals surface area contributed by atoms with E-state index in [1.807, 2.05) is 0 Å². The van der Waals surface area contributed by atoms with Gasteiger partial charge in [-0.05, 0) is 25.9 Å². The Kier molecular flexibility index (Phi) is 6.93. The van der Waals surface area contributed by atoms with Gasteiger partial charge in [0.05, 0.1) is 0 Å². The molecule has 3 heteroatoms. The molecule has 0 saturated carbocycles. The van der Waals surface area contributed by atoms with Crippen molar-refractivity contribution in [3.63, 3.8) is 0 Å². The summed E-state index contributed by atoms with van der Waals surface area (Å²) in [5.41, 5.74) is 0. The molecular formula is C6H15ClOSi. The van der Waals surface area contributed by atoms with Gasteiger partial charge < -0.3 is 4.43 Å². The Morgan fingerprint density at radius 2 is 2.00 bits per heavy atom. The number of hydrogen-bond donors (Lipinski definition) is 0. The summed E-state index contributed by atoms with van der Waals surface area (Å²) in [5, 5.41) is 0. The van der Waals surface area contributed by atoms with Crippen LogP contribution in [0.15, 0.2) is 0 Å². The second kappa shape index (κ2) is 6.58. The molecule has 0 amide bonds. The summed E-state index contributed by atoms with van der Waals surface area (Å²) in [4.78, 5) is 0. The number of alkyl halides is 1. The van der Waals surface area contributed by atoms with E-state index >= 15 is 0 Å². The van der Waals surface area contributed by atoms with E-state index in [1.54, 1.807) is 0 Å². The Balaban J connectivity index is 2.75. The summed E-state index contributed by atoms with van der Waals surface area (Å²) >= 11 is 5.47. The fraction of sp³-hybridized carbons (Fsp3) is 1.00. The Labute approximate surface area is 64.1 Å². The van der Waals surface area contributed by atoms with E-state index in [0.29, 0.717) is 0 Å². The quantitative estimate of drug-likeness (QED) is 0.345. The molecule has 0 rings (SSSR count). The first-order chi connectivity index (χ1) is 4.27. The van der Waals surface area contributed by atoms with Crippen molar-refractivity contribution in [2.24, 2.45) is 0 Å². The van der Waals surface area contributed by atoms with E-state index in [-0.39, 0.29) is 0 Å². The number of halogens is 1. The van der Waals surface area contributed by atoms with Crippen LogP contribution in [0, 0.1) is 0 Å². The first-order valence-electron chi connectivity index (χ1n) is 3.45. The second-order valence-corrected chi connectivity index (χ2v) is 5.12. The van der Waals surface area contributed by atoms with Crippen LogP contribution in [0.3, 0.4) is 0 Å². The molecule has 0 aromatic carbocycles. The molecule has 0 saturated heterocycles. The third-order valence-electron chi connectivity index (χ3n) is 0.979. The van der Waals surface area contributed by atoms with Crippen molar-refractivity contribution in [1.29, 1.82) is 0 Å². The second-order valence-electron chi connectivity index (χ2n) is 2.32. The Morgan fingerprint density at radius 3 is 2.44 bits per heavy atom. The SMILES string of the molecule is C[SiH](C)OCCCCCl. The predicted molar refractivity (Wildman–Crippen MR) is 44.8 cm³/mol. The van der Waals surface area contributed by atoms with Crippen molar-refractivity contribution in [3.05, 3.63) is 0 Å². The molecule has 0 atom stereocenters. The average Bonchev–Trinajstić information content (AvgIpc) is 1.80. The van der Waals surface area contributed by atoms with Crippen LogP contribution in [0.25, 0.3) is 0 Å². The Morgan fingerprint density at radius 1 is 1.33 bits per heavy atom. The van der Waals surface area contributed by atoms with E-state index < -0.39 is 9.04 Å². The fourth-order valence-corrected chi connectivity index (χ4v) is 1.34. The van der Waals surface area contributed by atoms with Gasteiger partial charge in [0.2, 0.25) is 0 Å². The summed E-state index contributed by atoms with van der Waals surface area (Å²) in [6.45, 7) is 5.28. The lowest BCUT2D eigenvalue weighted by atomic mass is 10.4. The Bertz CT molecular complexity index is 59.0. The van der Waals surface area contributed by atoms with Gasteiger partial charge in [-0.1, -0.05) is 0 Å². The molecule has 0 N–H and O–H groups in total. The minimum atomic E-state index is -0.756. The number of rotatable bonds is 5. The molecule has 0 heterocycles. The summed E-state index contributed by atoms with van der Waals surface area (Å²) in [6.07, 6.45) is 2.21. The molecule has 1 nitrogen and oxygen atoms in total. The lowest BCUT2D eigenvalue weighted by Crippen LogP contribution is -2.08. The van der Waals surface area contributed by atoms with Crippen molar-refractivity contribution in [1.82, 2.24) is 0 Å². The highest BCUT2D eigenvalue weighted by atomic mass is 35.5. The highest BCUT2D eigenvalue weighted by Crippen LogP contribution is 1.93. The number of hydrogen-bond acceptors (Lipinski definition) is 1. The van der Waals surface area contributed by atoms with E-state index in [2.05, 4.69) is 13.1 Å². The molecule has 0 bridgehead atoms. The van der Waals surface area contributed by atoms with Crippen LogP contribution < -0.4 is 0 Å². The lowest BCUT2D eigenvalue weighted by Gasteiger charge is -2.04. The van der Waals surface area contributed by atoms with Crippen molar-refractivity contribution in [2.75, 3.05) is 12.5 Å². The zero-order valence-electron chi connectivity index (χ0n) is 6.19. The van der Waals surface area contributed by atoms with Gasteiger partial charge in [-0.3, -0.25) is 0 Å². The van der Waals surface area contributed by atoms with Gasteiger partial charge >= 0.3 is 0 Å². The predicted octanol–water partition coefficient (Wildman–Crippen LogP) is 2.01. The standard InChI is InChI=1S/C6H15ClOSi/c1-9(2)8-6-4-3-5-7/h9H,3-6H2,1-2H3. The molecule has 0 aliphatic rings. The normalized spacial score (nSPS) is 10.7. The monoisotopic (exact) mass is 166 g/mol. The van der Waals surface area contributed by atoms with Crippen molar-refractivity contribution >= 4 is 20.6 Å². The summed E-state index contributed by atoms with van der Waals surface area (Å²) in [5.74, 6) is 0.767. The van der Waals surface area contributed by atoms with Crippen molar-refractivity contribution < 1.29 is 4.43 Å². The largest absolute Gasteiger partial charge is 0.421 e. The molecule has 0 aromatic heterocycles. The van der Waals surface area contributed by atoms with Crippen molar-refractivity contribution in [2.45, 2.75) is 25.9 Å². The molecule has 0 aromatic rings. The molecule has 0 radical (unpaired) electrons. The van der Waals surface area contributed by atoms with Gasteiger partial charge in [0.15, 0.2) is 9.04 Å². The van der Waals surface area contributed by atoms with Crippen LogP contribution in [0.1, 0.15) is 12.8 Å². The maximum absolute atomic E-state index is 5.47.